The lowest BCUT2D eigenvalue weighted by atomic mass is 9.99. The molecular weight excluding hydrogens is 260 g/mol. The highest BCUT2D eigenvalue weighted by molar-refractivity contribution is 5.34. The van der Waals surface area contributed by atoms with Gasteiger partial charge in [0.05, 0.1) is 0 Å². The van der Waals surface area contributed by atoms with Gasteiger partial charge in [-0.15, -0.1) is 0 Å². The first-order valence-corrected chi connectivity index (χ1v) is 8.37. The van der Waals surface area contributed by atoms with Gasteiger partial charge in [0.2, 0.25) is 0 Å². The van der Waals surface area contributed by atoms with E-state index < -0.39 is 0 Å². The lowest BCUT2D eigenvalue weighted by Crippen LogP contribution is -2.41. The van der Waals surface area contributed by atoms with Crippen molar-refractivity contribution in [3.8, 4) is 5.75 Å². The van der Waals surface area contributed by atoms with Crippen LogP contribution >= 0.6 is 0 Å². The van der Waals surface area contributed by atoms with E-state index in [0.29, 0.717) is 23.8 Å². The number of nitrogens with one attached hydrogen (secondary N) is 1. The lowest BCUT2D eigenvalue weighted by molar-refractivity contribution is 0.154. The maximum atomic E-state index is 10.2. The Hall–Kier alpha value is -1.06. The van der Waals surface area contributed by atoms with E-state index in [2.05, 4.69) is 37.1 Å². The Labute approximate surface area is 129 Å². The average Bonchev–Trinajstić information content (AvgIpc) is 2.94. The van der Waals surface area contributed by atoms with E-state index in [-0.39, 0.29) is 0 Å². The topological polar surface area (TPSA) is 35.5 Å². The molecule has 1 saturated heterocycles. The maximum Gasteiger partial charge on any atom is 0.120 e. The second kappa shape index (κ2) is 7.81. The van der Waals surface area contributed by atoms with Crippen LogP contribution in [0.4, 0.5) is 0 Å². The summed E-state index contributed by atoms with van der Waals surface area (Å²) >= 11 is 0. The Bertz CT molecular complexity index is 427. The van der Waals surface area contributed by atoms with Crippen LogP contribution < -0.4 is 5.32 Å². The van der Waals surface area contributed by atoms with Crippen LogP contribution in [-0.2, 0) is 0 Å². The van der Waals surface area contributed by atoms with E-state index in [0.717, 1.165) is 31.6 Å². The molecule has 1 heterocycles. The molecule has 2 atom stereocenters. The number of hydrogen-bond donors (Lipinski definition) is 2. The summed E-state index contributed by atoms with van der Waals surface area (Å²) in [5.74, 6) is 1.06. The number of nitrogens with zero attached hydrogens (tertiary/aromatic N) is 1. The normalized spacial score (nSPS) is 20.3. The molecule has 1 aliphatic heterocycles. The van der Waals surface area contributed by atoms with Crippen molar-refractivity contribution in [1.29, 1.82) is 0 Å². The Kier molecular flexibility index (Phi) is 6.07. The third-order valence-electron chi connectivity index (χ3n) is 4.34. The molecule has 0 aliphatic carbocycles. The smallest absolute Gasteiger partial charge is 0.120 e. The zero-order chi connectivity index (χ0) is 15.2. The fourth-order valence-corrected chi connectivity index (χ4v) is 3.44. The van der Waals surface area contributed by atoms with Crippen LogP contribution in [-0.4, -0.2) is 35.7 Å². The van der Waals surface area contributed by atoms with Crippen molar-refractivity contribution in [2.45, 2.75) is 52.1 Å². The molecule has 0 bridgehead atoms. The van der Waals surface area contributed by atoms with Crippen LogP contribution in [0.3, 0.4) is 0 Å². The van der Waals surface area contributed by atoms with E-state index in [1.807, 2.05) is 12.1 Å². The van der Waals surface area contributed by atoms with Gasteiger partial charge >= 0.3 is 0 Å². The van der Waals surface area contributed by atoms with Crippen molar-refractivity contribution in [3.63, 3.8) is 0 Å². The SMILES string of the molecule is CCC(c1ccccc1O)N(CC(C)C)CC1CCCN1. The summed E-state index contributed by atoms with van der Waals surface area (Å²) in [5.41, 5.74) is 1.07. The molecular formula is C18H30N2O. The lowest BCUT2D eigenvalue weighted by Gasteiger charge is -2.35. The number of rotatable bonds is 7. The number of para-hydroxylation sites is 1. The number of hydrogen-bond acceptors (Lipinski definition) is 3. The van der Waals surface area contributed by atoms with Gasteiger partial charge < -0.3 is 10.4 Å². The molecule has 1 aromatic rings. The van der Waals surface area contributed by atoms with Gasteiger partial charge in [-0.25, -0.2) is 0 Å². The molecule has 0 aromatic heterocycles. The van der Waals surface area contributed by atoms with E-state index in [9.17, 15) is 5.11 Å². The van der Waals surface area contributed by atoms with Crippen LogP contribution in [0.15, 0.2) is 24.3 Å². The zero-order valence-electron chi connectivity index (χ0n) is 13.7. The first-order chi connectivity index (χ1) is 10.1. The standard InChI is InChI=1S/C18H30N2O/c1-4-17(16-9-5-6-10-18(16)21)20(12-14(2)3)13-15-8-7-11-19-15/h5-6,9-10,14-15,17,19,21H,4,7-8,11-13H2,1-3H3. The highest BCUT2D eigenvalue weighted by Gasteiger charge is 2.25. The largest absolute Gasteiger partial charge is 0.508 e. The summed E-state index contributed by atoms with van der Waals surface area (Å²) in [6, 6.07) is 8.70. The minimum Gasteiger partial charge on any atom is -0.508 e. The van der Waals surface area contributed by atoms with E-state index >= 15 is 0 Å². The van der Waals surface area contributed by atoms with Crippen molar-refractivity contribution in [2.24, 2.45) is 5.92 Å². The monoisotopic (exact) mass is 290 g/mol. The highest BCUT2D eigenvalue weighted by atomic mass is 16.3. The van der Waals surface area contributed by atoms with Gasteiger partial charge in [0.15, 0.2) is 0 Å². The van der Waals surface area contributed by atoms with Crippen molar-refractivity contribution >= 4 is 0 Å². The highest BCUT2D eigenvalue weighted by Crippen LogP contribution is 2.32. The molecule has 0 spiro atoms. The third kappa shape index (κ3) is 4.45. The van der Waals surface area contributed by atoms with Gasteiger partial charge in [-0.05, 0) is 37.8 Å². The van der Waals surface area contributed by atoms with E-state index in [4.69, 9.17) is 0 Å². The molecule has 2 N–H and O–H groups in total. The minimum absolute atomic E-state index is 0.302. The molecule has 0 amide bonds. The molecule has 2 rings (SSSR count). The van der Waals surface area contributed by atoms with Gasteiger partial charge in [-0.2, -0.15) is 0 Å². The summed E-state index contributed by atoms with van der Waals surface area (Å²) < 4.78 is 0. The van der Waals surface area contributed by atoms with Crippen LogP contribution in [0.1, 0.15) is 51.6 Å². The third-order valence-corrected chi connectivity index (χ3v) is 4.34. The summed E-state index contributed by atoms with van der Waals surface area (Å²) in [6.45, 7) is 10.1. The Balaban J connectivity index is 2.17. The fraction of sp³-hybridized carbons (Fsp3) is 0.667. The molecule has 0 radical (unpaired) electrons. The number of phenolic OH excluding ortho intramolecular Hbond substituents is 1. The molecule has 3 heteroatoms. The van der Waals surface area contributed by atoms with Gasteiger partial charge in [-0.3, -0.25) is 4.90 Å². The number of aromatic hydroxyl groups is 1. The van der Waals surface area contributed by atoms with Crippen LogP contribution in [0.2, 0.25) is 0 Å². The quantitative estimate of drug-likeness (QED) is 0.806. The van der Waals surface area contributed by atoms with Crippen molar-refractivity contribution < 1.29 is 5.11 Å². The molecule has 118 valence electrons. The van der Waals surface area contributed by atoms with Crippen LogP contribution in [0.5, 0.6) is 5.75 Å². The second-order valence-corrected chi connectivity index (χ2v) is 6.62. The maximum absolute atomic E-state index is 10.2. The van der Waals surface area contributed by atoms with E-state index in [1.54, 1.807) is 6.07 Å². The van der Waals surface area contributed by atoms with Gasteiger partial charge in [0.25, 0.3) is 0 Å². The average molecular weight is 290 g/mol. The summed E-state index contributed by atoms with van der Waals surface area (Å²) in [5, 5.41) is 13.8. The van der Waals surface area contributed by atoms with Crippen molar-refractivity contribution in [3.05, 3.63) is 29.8 Å². The Morgan fingerprint density at radius 3 is 2.67 bits per heavy atom. The summed E-state index contributed by atoms with van der Waals surface area (Å²) in [7, 11) is 0. The van der Waals surface area contributed by atoms with Gasteiger partial charge in [-0.1, -0.05) is 39.0 Å². The minimum atomic E-state index is 0.302. The predicted octanol–water partition coefficient (Wildman–Crippen LogP) is 3.55. The fourth-order valence-electron chi connectivity index (χ4n) is 3.44. The molecule has 21 heavy (non-hydrogen) atoms. The molecule has 0 saturated carbocycles. The van der Waals surface area contributed by atoms with Gasteiger partial charge in [0.1, 0.15) is 5.75 Å². The second-order valence-electron chi connectivity index (χ2n) is 6.62. The van der Waals surface area contributed by atoms with Crippen molar-refractivity contribution in [1.82, 2.24) is 10.2 Å². The first-order valence-electron chi connectivity index (χ1n) is 8.37. The summed E-state index contributed by atoms with van der Waals surface area (Å²) in [6.07, 6.45) is 3.58. The molecule has 1 fully saturated rings. The zero-order valence-corrected chi connectivity index (χ0v) is 13.7. The van der Waals surface area contributed by atoms with Crippen LogP contribution in [0, 0.1) is 5.92 Å². The van der Waals surface area contributed by atoms with Gasteiger partial charge in [0, 0.05) is 30.7 Å². The Morgan fingerprint density at radius 1 is 1.33 bits per heavy atom. The molecule has 1 aliphatic rings. The molecule has 1 aromatic carbocycles. The number of phenols is 1. The Morgan fingerprint density at radius 2 is 2.10 bits per heavy atom. The number of benzene rings is 1. The van der Waals surface area contributed by atoms with Crippen LogP contribution in [0.25, 0.3) is 0 Å². The predicted molar refractivity (Wildman–Crippen MR) is 88.6 cm³/mol. The first kappa shape index (κ1) is 16.3. The summed E-state index contributed by atoms with van der Waals surface area (Å²) in [4.78, 5) is 2.56. The molecule has 2 unspecified atom stereocenters. The van der Waals surface area contributed by atoms with Crippen molar-refractivity contribution in [2.75, 3.05) is 19.6 Å². The van der Waals surface area contributed by atoms with E-state index in [1.165, 1.54) is 12.8 Å². The molecule has 3 nitrogen and oxygen atoms in total.